The van der Waals surface area contributed by atoms with E-state index in [0.29, 0.717) is 22.8 Å². The van der Waals surface area contributed by atoms with E-state index in [2.05, 4.69) is 15.7 Å². The number of nitrogens with one attached hydrogen (secondary N) is 2. The van der Waals surface area contributed by atoms with Gasteiger partial charge in [-0.1, -0.05) is 37.6 Å². The average molecular weight is 425 g/mol. The van der Waals surface area contributed by atoms with Crippen molar-refractivity contribution in [1.82, 2.24) is 15.1 Å². The molecule has 0 bridgehead atoms. The Kier molecular flexibility index (Phi) is 6.57. The van der Waals surface area contributed by atoms with Crippen LogP contribution in [0.4, 0.5) is 5.69 Å². The van der Waals surface area contributed by atoms with Gasteiger partial charge >= 0.3 is 0 Å². The van der Waals surface area contributed by atoms with Gasteiger partial charge < -0.3 is 10.6 Å². The highest BCUT2D eigenvalue weighted by Crippen LogP contribution is 2.22. The smallest absolute Gasteiger partial charge is 0.251 e. The lowest BCUT2D eigenvalue weighted by Gasteiger charge is -2.10. The Balaban J connectivity index is 1.64. The standard InChI is InChI=1S/C23H25ClN4O2/c1-14(2)22(29)26-19-7-5-6-17(12-19)13-25-23(30)18-8-10-20(11-9-18)28-16(4)21(24)15(3)27-28/h5-12,14H,13H2,1-4H3,(H,25,30)(H,26,29). The molecule has 3 rings (SSSR count). The summed E-state index contributed by atoms with van der Waals surface area (Å²) < 4.78 is 1.76. The molecule has 1 heterocycles. The molecule has 7 heteroatoms. The molecule has 156 valence electrons. The number of anilines is 1. The summed E-state index contributed by atoms with van der Waals surface area (Å²) in [5, 5.41) is 10.8. The molecule has 0 spiro atoms. The number of carbonyl (C=O) groups is 2. The number of aryl methyl sites for hydroxylation is 1. The largest absolute Gasteiger partial charge is 0.348 e. The van der Waals surface area contributed by atoms with Crippen LogP contribution in [0.15, 0.2) is 48.5 Å². The molecule has 0 aliphatic rings. The number of benzene rings is 2. The maximum atomic E-state index is 12.5. The minimum Gasteiger partial charge on any atom is -0.348 e. The van der Waals surface area contributed by atoms with E-state index < -0.39 is 0 Å². The van der Waals surface area contributed by atoms with E-state index in [-0.39, 0.29) is 17.7 Å². The SMILES string of the molecule is Cc1nn(-c2ccc(C(=O)NCc3cccc(NC(=O)C(C)C)c3)cc2)c(C)c1Cl. The first-order valence-electron chi connectivity index (χ1n) is 9.76. The molecule has 1 aromatic heterocycles. The van der Waals surface area contributed by atoms with Gasteiger partial charge in [-0.05, 0) is 55.8 Å². The predicted molar refractivity (Wildman–Crippen MR) is 119 cm³/mol. The first kappa shape index (κ1) is 21.6. The molecule has 0 saturated heterocycles. The third kappa shape index (κ3) is 4.89. The third-order valence-corrected chi connectivity index (χ3v) is 5.30. The van der Waals surface area contributed by atoms with Crippen molar-refractivity contribution in [3.63, 3.8) is 0 Å². The van der Waals surface area contributed by atoms with Crippen LogP contribution in [0.2, 0.25) is 5.02 Å². The Morgan fingerprint density at radius 1 is 1.10 bits per heavy atom. The van der Waals surface area contributed by atoms with Crippen LogP contribution < -0.4 is 10.6 Å². The fraction of sp³-hybridized carbons (Fsp3) is 0.261. The van der Waals surface area contributed by atoms with Gasteiger partial charge in [0.2, 0.25) is 5.91 Å². The van der Waals surface area contributed by atoms with Crippen LogP contribution in [-0.4, -0.2) is 21.6 Å². The van der Waals surface area contributed by atoms with E-state index in [9.17, 15) is 9.59 Å². The summed E-state index contributed by atoms with van der Waals surface area (Å²) in [5.41, 5.74) is 4.63. The normalized spacial score (nSPS) is 10.9. The summed E-state index contributed by atoms with van der Waals surface area (Å²) in [6.45, 7) is 7.80. The zero-order valence-corrected chi connectivity index (χ0v) is 18.2. The lowest BCUT2D eigenvalue weighted by molar-refractivity contribution is -0.118. The van der Waals surface area contributed by atoms with E-state index in [1.165, 1.54) is 0 Å². The Morgan fingerprint density at radius 3 is 2.40 bits per heavy atom. The number of rotatable bonds is 6. The van der Waals surface area contributed by atoms with Crippen molar-refractivity contribution < 1.29 is 9.59 Å². The van der Waals surface area contributed by atoms with Gasteiger partial charge in [0, 0.05) is 23.7 Å². The van der Waals surface area contributed by atoms with Crippen molar-refractivity contribution in [2.45, 2.75) is 34.2 Å². The Hall–Kier alpha value is -3.12. The van der Waals surface area contributed by atoms with Crippen LogP contribution in [0.5, 0.6) is 0 Å². The number of amides is 2. The zero-order valence-electron chi connectivity index (χ0n) is 17.5. The van der Waals surface area contributed by atoms with E-state index in [0.717, 1.165) is 22.6 Å². The molecule has 0 aliphatic heterocycles. The molecule has 2 aromatic carbocycles. The average Bonchev–Trinajstić information content (AvgIpc) is 2.99. The molecule has 6 nitrogen and oxygen atoms in total. The fourth-order valence-corrected chi connectivity index (χ4v) is 3.08. The van der Waals surface area contributed by atoms with Crippen molar-refractivity contribution in [1.29, 1.82) is 0 Å². The molecule has 0 radical (unpaired) electrons. The Labute approximate surface area is 181 Å². The Bertz CT molecular complexity index is 1070. The van der Waals surface area contributed by atoms with Crippen LogP contribution in [-0.2, 0) is 11.3 Å². The second-order valence-corrected chi connectivity index (χ2v) is 7.85. The van der Waals surface area contributed by atoms with Crippen molar-refractivity contribution in [3.05, 3.63) is 76.1 Å². The number of carbonyl (C=O) groups excluding carboxylic acids is 2. The number of halogens is 1. The number of aromatic nitrogens is 2. The summed E-state index contributed by atoms with van der Waals surface area (Å²) >= 11 is 6.21. The quantitative estimate of drug-likeness (QED) is 0.603. The molecule has 2 amide bonds. The highest BCUT2D eigenvalue weighted by molar-refractivity contribution is 6.31. The van der Waals surface area contributed by atoms with Crippen LogP contribution in [0.25, 0.3) is 5.69 Å². The molecule has 0 unspecified atom stereocenters. The summed E-state index contributed by atoms with van der Waals surface area (Å²) in [6, 6.07) is 14.6. The summed E-state index contributed by atoms with van der Waals surface area (Å²) in [5.74, 6) is -0.313. The minimum atomic E-state index is -0.176. The molecular weight excluding hydrogens is 400 g/mol. The van der Waals surface area contributed by atoms with Crippen molar-refractivity contribution in [2.75, 3.05) is 5.32 Å². The summed E-state index contributed by atoms with van der Waals surface area (Å²) in [4.78, 5) is 24.4. The van der Waals surface area contributed by atoms with Crippen molar-refractivity contribution in [2.24, 2.45) is 5.92 Å². The van der Waals surface area contributed by atoms with Gasteiger partial charge in [-0.25, -0.2) is 4.68 Å². The van der Waals surface area contributed by atoms with Crippen molar-refractivity contribution >= 4 is 29.1 Å². The molecule has 0 fully saturated rings. The highest BCUT2D eigenvalue weighted by atomic mass is 35.5. The van der Waals surface area contributed by atoms with E-state index in [1.807, 2.05) is 64.1 Å². The van der Waals surface area contributed by atoms with Gasteiger partial charge in [0.15, 0.2) is 0 Å². The van der Waals surface area contributed by atoms with Crippen LogP contribution in [0.3, 0.4) is 0 Å². The Morgan fingerprint density at radius 2 is 1.80 bits per heavy atom. The number of hydrogen-bond acceptors (Lipinski definition) is 3. The fourth-order valence-electron chi connectivity index (χ4n) is 2.96. The molecule has 30 heavy (non-hydrogen) atoms. The zero-order chi connectivity index (χ0) is 21.8. The van der Waals surface area contributed by atoms with Gasteiger partial charge in [-0.2, -0.15) is 5.10 Å². The summed E-state index contributed by atoms with van der Waals surface area (Å²) in [7, 11) is 0. The molecule has 3 aromatic rings. The van der Waals surface area contributed by atoms with Gasteiger partial charge in [0.25, 0.3) is 5.91 Å². The van der Waals surface area contributed by atoms with Crippen molar-refractivity contribution in [3.8, 4) is 5.69 Å². The lowest BCUT2D eigenvalue weighted by Crippen LogP contribution is -2.23. The second kappa shape index (κ2) is 9.13. The maximum Gasteiger partial charge on any atom is 0.251 e. The van der Waals surface area contributed by atoms with E-state index >= 15 is 0 Å². The highest BCUT2D eigenvalue weighted by Gasteiger charge is 2.12. The summed E-state index contributed by atoms with van der Waals surface area (Å²) in [6.07, 6.45) is 0. The van der Waals surface area contributed by atoms with Crippen LogP contribution in [0.1, 0.15) is 41.2 Å². The molecule has 0 saturated carbocycles. The van der Waals surface area contributed by atoms with E-state index in [4.69, 9.17) is 11.6 Å². The molecular formula is C23H25ClN4O2. The molecule has 0 atom stereocenters. The number of nitrogens with zero attached hydrogens (tertiary/aromatic N) is 2. The maximum absolute atomic E-state index is 12.5. The first-order chi connectivity index (χ1) is 14.3. The first-order valence-corrected chi connectivity index (χ1v) is 10.1. The predicted octanol–water partition coefficient (Wildman–Crippen LogP) is 4.67. The second-order valence-electron chi connectivity index (χ2n) is 7.47. The number of hydrogen-bond donors (Lipinski definition) is 2. The van der Waals surface area contributed by atoms with Gasteiger partial charge in [0.05, 0.1) is 22.1 Å². The van der Waals surface area contributed by atoms with Gasteiger partial charge in [-0.15, -0.1) is 0 Å². The molecule has 0 aliphatic carbocycles. The van der Waals surface area contributed by atoms with E-state index in [1.54, 1.807) is 16.8 Å². The van der Waals surface area contributed by atoms with Crippen LogP contribution >= 0.6 is 11.6 Å². The lowest BCUT2D eigenvalue weighted by atomic mass is 10.1. The van der Waals surface area contributed by atoms with Gasteiger partial charge in [-0.3, -0.25) is 9.59 Å². The van der Waals surface area contributed by atoms with Gasteiger partial charge in [0.1, 0.15) is 0 Å². The monoisotopic (exact) mass is 424 g/mol. The topological polar surface area (TPSA) is 76.0 Å². The van der Waals surface area contributed by atoms with Crippen LogP contribution in [0, 0.1) is 19.8 Å². The minimum absolute atomic E-state index is 0.0415. The molecule has 2 N–H and O–H groups in total. The third-order valence-electron chi connectivity index (χ3n) is 4.75.